The number of carbonyl (C=O) groups is 1. The highest BCUT2D eigenvalue weighted by Crippen LogP contribution is 2.36. The van der Waals surface area contributed by atoms with Gasteiger partial charge < -0.3 is 0 Å². The molecule has 1 aliphatic carbocycles. The van der Waals surface area contributed by atoms with E-state index in [0.717, 1.165) is 11.1 Å². The van der Waals surface area contributed by atoms with Crippen molar-refractivity contribution >= 4 is 5.78 Å². The van der Waals surface area contributed by atoms with Crippen LogP contribution in [0.4, 0.5) is 0 Å². The second-order valence-corrected chi connectivity index (χ2v) is 3.91. The first kappa shape index (κ1) is 8.96. The topological polar surface area (TPSA) is 40.9 Å². The highest BCUT2D eigenvalue weighted by Gasteiger charge is 2.35. The largest absolute Gasteiger partial charge is 0.294 e. The van der Waals surface area contributed by atoms with Crippen LogP contribution in [0, 0.1) is 11.3 Å². The Hall–Kier alpha value is -1.62. The summed E-state index contributed by atoms with van der Waals surface area (Å²) in [6.07, 6.45) is 1.13. The molecule has 1 unspecified atom stereocenters. The molecule has 1 aromatic rings. The van der Waals surface area contributed by atoms with Gasteiger partial charge in [0.05, 0.1) is 11.5 Å². The molecule has 0 spiro atoms. The van der Waals surface area contributed by atoms with Crippen LogP contribution in [0.5, 0.6) is 0 Å². The molecule has 0 amide bonds. The summed E-state index contributed by atoms with van der Waals surface area (Å²) in [4.78, 5) is 11.6. The van der Waals surface area contributed by atoms with E-state index in [9.17, 15) is 4.79 Å². The van der Waals surface area contributed by atoms with Gasteiger partial charge in [-0.3, -0.25) is 4.79 Å². The average Bonchev–Trinajstić information content (AvgIpc) is 2.24. The van der Waals surface area contributed by atoms with E-state index >= 15 is 0 Å². The summed E-state index contributed by atoms with van der Waals surface area (Å²) in [5, 5.41) is 9.12. The van der Waals surface area contributed by atoms with E-state index in [1.165, 1.54) is 0 Å². The minimum atomic E-state index is -0.482. The van der Waals surface area contributed by atoms with Crippen molar-refractivity contribution in [1.82, 2.24) is 0 Å². The molecule has 2 nitrogen and oxygen atoms in total. The lowest BCUT2D eigenvalue weighted by atomic mass is 9.72. The van der Waals surface area contributed by atoms with Gasteiger partial charge in [0.1, 0.15) is 0 Å². The third-order valence-corrected chi connectivity index (χ3v) is 2.92. The van der Waals surface area contributed by atoms with Gasteiger partial charge in [-0.25, -0.2) is 0 Å². The molecular weight excluding hydrogens is 174 g/mol. The van der Waals surface area contributed by atoms with Gasteiger partial charge in [-0.15, -0.1) is 0 Å². The van der Waals surface area contributed by atoms with Gasteiger partial charge in [-0.2, -0.15) is 5.26 Å². The quantitative estimate of drug-likeness (QED) is 0.622. The number of fused-ring (bicyclic) bond motifs is 1. The van der Waals surface area contributed by atoms with E-state index in [4.69, 9.17) is 5.26 Å². The predicted octanol–water partition coefficient (Wildman–Crippen LogP) is 2.44. The first-order chi connectivity index (χ1) is 6.67. The summed E-state index contributed by atoms with van der Waals surface area (Å²) in [5.74, 6) is 0.160. The van der Waals surface area contributed by atoms with E-state index in [2.05, 4.69) is 6.07 Å². The van der Waals surface area contributed by atoms with Crippen LogP contribution in [-0.2, 0) is 5.41 Å². The second kappa shape index (κ2) is 2.95. The fourth-order valence-electron chi connectivity index (χ4n) is 1.96. The number of hydrogen-bond donors (Lipinski definition) is 0. The average molecular weight is 185 g/mol. The smallest absolute Gasteiger partial charge is 0.163 e. The van der Waals surface area contributed by atoms with Crippen molar-refractivity contribution in [2.45, 2.75) is 25.2 Å². The van der Waals surface area contributed by atoms with Crippen LogP contribution < -0.4 is 0 Å². The van der Waals surface area contributed by atoms with Crippen molar-refractivity contribution in [3.63, 3.8) is 0 Å². The van der Waals surface area contributed by atoms with E-state index < -0.39 is 5.41 Å². The Morgan fingerprint density at radius 3 is 2.86 bits per heavy atom. The third kappa shape index (κ3) is 1.13. The number of carbonyl (C=O) groups excluding carboxylic acids is 1. The molecule has 2 rings (SSSR count). The van der Waals surface area contributed by atoms with Crippen molar-refractivity contribution in [3.05, 3.63) is 35.4 Å². The van der Waals surface area contributed by atoms with Crippen LogP contribution >= 0.6 is 0 Å². The maximum absolute atomic E-state index is 11.6. The molecule has 2 heteroatoms. The van der Waals surface area contributed by atoms with Crippen LogP contribution in [0.3, 0.4) is 0 Å². The predicted molar refractivity (Wildman–Crippen MR) is 53.0 cm³/mol. The summed E-state index contributed by atoms with van der Waals surface area (Å²) in [6, 6.07) is 9.73. The van der Waals surface area contributed by atoms with Gasteiger partial charge in [0, 0.05) is 12.0 Å². The van der Waals surface area contributed by atoms with Gasteiger partial charge in [-0.1, -0.05) is 24.3 Å². The number of hydrogen-bond acceptors (Lipinski definition) is 2. The zero-order valence-electron chi connectivity index (χ0n) is 8.08. The van der Waals surface area contributed by atoms with Crippen LogP contribution in [0.25, 0.3) is 0 Å². The Morgan fingerprint density at radius 1 is 1.43 bits per heavy atom. The van der Waals surface area contributed by atoms with Gasteiger partial charge >= 0.3 is 0 Å². The number of rotatable bonds is 0. The van der Waals surface area contributed by atoms with Gasteiger partial charge in [-0.05, 0) is 18.9 Å². The fraction of sp³-hybridized carbons (Fsp3) is 0.333. The van der Waals surface area contributed by atoms with Crippen LogP contribution in [0.2, 0.25) is 0 Å². The van der Waals surface area contributed by atoms with E-state index in [1.54, 1.807) is 0 Å². The van der Waals surface area contributed by atoms with Crippen molar-refractivity contribution in [2.75, 3.05) is 0 Å². The SMILES string of the molecule is CC1(C#N)CCC(=O)c2ccccc21. The molecule has 70 valence electrons. The Bertz CT molecular complexity index is 430. The molecule has 1 aliphatic rings. The number of ketones is 1. The molecule has 0 saturated carbocycles. The van der Waals surface area contributed by atoms with Crippen molar-refractivity contribution in [2.24, 2.45) is 0 Å². The molecule has 0 radical (unpaired) electrons. The Balaban J connectivity index is 2.65. The molecule has 0 bridgehead atoms. The van der Waals surface area contributed by atoms with Crippen LogP contribution in [0.1, 0.15) is 35.7 Å². The Labute approximate surface area is 83.2 Å². The van der Waals surface area contributed by atoms with Crippen LogP contribution in [-0.4, -0.2) is 5.78 Å². The number of nitrogens with zero attached hydrogens (tertiary/aromatic N) is 1. The van der Waals surface area contributed by atoms with Gasteiger partial charge in [0.25, 0.3) is 0 Å². The Kier molecular flexibility index (Phi) is 1.89. The molecule has 0 fully saturated rings. The first-order valence-corrected chi connectivity index (χ1v) is 4.71. The molecular formula is C12H11NO. The van der Waals surface area contributed by atoms with Crippen LogP contribution in [0.15, 0.2) is 24.3 Å². The third-order valence-electron chi connectivity index (χ3n) is 2.92. The lowest BCUT2D eigenvalue weighted by Gasteiger charge is -2.28. The highest BCUT2D eigenvalue weighted by atomic mass is 16.1. The zero-order chi connectivity index (χ0) is 10.2. The molecule has 0 aliphatic heterocycles. The molecule has 0 aromatic heterocycles. The summed E-state index contributed by atoms with van der Waals surface area (Å²) in [7, 11) is 0. The molecule has 0 saturated heterocycles. The van der Waals surface area contributed by atoms with Gasteiger partial charge in [0.2, 0.25) is 0 Å². The summed E-state index contributed by atoms with van der Waals surface area (Å²) < 4.78 is 0. The summed E-state index contributed by atoms with van der Waals surface area (Å²) in [6.45, 7) is 1.90. The number of Topliss-reactive ketones (excluding diaryl/α,β-unsaturated/α-hetero) is 1. The molecule has 14 heavy (non-hydrogen) atoms. The number of nitriles is 1. The second-order valence-electron chi connectivity index (χ2n) is 3.91. The van der Waals surface area contributed by atoms with Crippen molar-refractivity contribution in [3.8, 4) is 6.07 Å². The molecule has 1 aromatic carbocycles. The maximum Gasteiger partial charge on any atom is 0.163 e. The Morgan fingerprint density at radius 2 is 2.14 bits per heavy atom. The lowest BCUT2D eigenvalue weighted by molar-refractivity contribution is 0.0961. The van der Waals surface area contributed by atoms with E-state index in [1.807, 2.05) is 31.2 Å². The molecule has 0 heterocycles. The minimum absolute atomic E-state index is 0.160. The lowest BCUT2D eigenvalue weighted by Crippen LogP contribution is -2.28. The highest BCUT2D eigenvalue weighted by molar-refractivity contribution is 5.99. The van der Waals surface area contributed by atoms with E-state index in [-0.39, 0.29) is 5.78 Å². The number of benzene rings is 1. The standard InChI is InChI=1S/C12H11NO/c1-12(8-13)7-6-11(14)9-4-2-3-5-10(9)12/h2-5H,6-7H2,1H3. The fourth-order valence-corrected chi connectivity index (χ4v) is 1.96. The molecule has 0 N–H and O–H groups in total. The minimum Gasteiger partial charge on any atom is -0.294 e. The van der Waals surface area contributed by atoms with E-state index in [0.29, 0.717) is 12.8 Å². The van der Waals surface area contributed by atoms with Crippen molar-refractivity contribution < 1.29 is 4.79 Å². The zero-order valence-corrected chi connectivity index (χ0v) is 8.08. The van der Waals surface area contributed by atoms with Crippen molar-refractivity contribution in [1.29, 1.82) is 5.26 Å². The van der Waals surface area contributed by atoms with Gasteiger partial charge in [0.15, 0.2) is 5.78 Å². The summed E-state index contributed by atoms with van der Waals surface area (Å²) in [5.41, 5.74) is 1.13. The molecule has 1 atom stereocenters. The summed E-state index contributed by atoms with van der Waals surface area (Å²) >= 11 is 0. The normalized spacial score (nSPS) is 25.3. The first-order valence-electron chi connectivity index (χ1n) is 4.71. The monoisotopic (exact) mass is 185 g/mol. The maximum atomic E-state index is 11.6.